The van der Waals surface area contributed by atoms with Crippen LogP contribution in [0.5, 0.6) is 0 Å². The molecule has 0 aliphatic rings. The van der Waals surface area contributed by atoms with E-state index < -0.39 is 10.0 Å². The zero-order valence-corrected chi connectivity index (χ0v) is 25.2. The van der Waals surface area contributed by atoms with E-state index in [4.69, 9.17) is 14.5 Å². The van der Waals surface area contributed by atoms with Crippen LogP contribution in [0.2, 0.25) is 0 Å². The fraction of sp³-hybridized carbons (Fsp3) is 0.462. The standard InChI is InChI=1S/C26H36N4O5S2.ClH/c1-19-17-20(2)24-23(18-19)27-26(36-24)30(12-11-28(3)4)25(31)21-7-9-22(10-8-21)37(32,33)29(13-15-34-5)14-16-35-6;/h7-10,17-18H,11-16H2,1-6H3;1H. The molecule has 12 heteroatoms. The van der Waals surface area contributed by atoms with E-state index in [9.17, 15) is 13.2 Å². The Morgan fingerprint density at radius 1 is 0.947 bits per heavy atom. The molecule has 0 aliphatic heterocycles. The van der Waals surface area contributed by atoms with E-state index in [-0.39, 0.29) is 49.5 Å². The molecule has 9 nitrogen and oxygen atoms in total. The van der Waals surface area contributed by atoms with Gasteiger partial charge >= 0.3 is 0 Å². The van der Waals surface area contributed by atoms with Crippen LogP contribution in [0, 0.1) is 13.8 Å². The maximum absolute atomic E-state index is 13.6. The summed E-state index contributed by atoms with van der Waals surface area (Å²) in [6.07, 6.45) is 0. The largest absolute Gasteiger partial charge is 0.383 e. The zero-order valence-electron chi connectivity index (χ0n) is 22.8. The second-order valence-electron chi connectivity index (χ2n) is 9.10. The van der Waals surface area contributed by atoms with Gasteiger partial charge in [-0.3, -0.25) is 9.69 Å². The summed E-state index contributed by atoms with van der Waals surface area (Å²) >= 11 is 1.49. The molecule has 0 atom stereocenters. The lowest BCUT2D eigenvalue weighted by Crippen LogP contribution is -2.37. The lowest BCUT2D eigenvalue weighted by Gasteiger charge is -2.23. The first-order valence-electron chi connectivity index (χ1n) is 12.0. The lowest BCUT2D eigenvalue weighted by molar-refractivity contribution is 0.0985. The maximum Gasteiger partial charge on any atom is 0.260 e. The fourth-order valence-electron chi connectivity index (χ4n) is 3.88. The van der Waals surface area contributed by atoms with Crippen molar-refractivity contribution in [3.63, 3.8) is 0 Å². The minimum Gasteiger partial charge on any atom is -0.383 e. The highest BCUT2D eigenvalue weighted by Gasteiger charge is 2.26. The molecule has 1 aromatic heterocycles. The van der Waals surface area contributed by atoms with Crippen LogP contribution in [0.3, 0.4) is 0 Å². The topological polar surface area (TPSA) is 92.3 Å². The Balaban J connectivity index is 0.00000507. The average molecular weight is 585 g/mol. The molecule has 1 heterocycles. The van der Waals surface area contributed by atoms with Gasteiger partial charge in [0.2, 0.25) is 10.0 Å². The Morgan fingerprint density at radius 2 is 1.55 bits per heavy atom. The summed E-state index contributed by atoms with van der Waals surface area (Å²) in [5.41, 5.74) is 3.51. The molecule has 0 saturated carbocycles. The van der Waals surface area contributed by atoms with Crippen molar-refractivity contribution in [1.29, 1.82) is 0 Å². The molecular formula is C26H37ClN4O5S2. The number of aromatic nitrogens is 1. The van der Waals surface area contributed by atoms with Crippen LogP contribution in [0.15, 0.2) is 41.3 Å². The Morgan fingerprint density at radius 3 is 2.11 bits per heavy atom. The lowest BCUT2D eigenvalue weighted by atomic mass is 10.1. The number of carbonyl (C=O) groups is 1. The zero-order chi connectivity index (χ0) is 27.2. The number of methoxy groups -OCH3 is 2. The van der Waals surface area contributed by atoms with Crippen molar-refractivity contribution in [2.45, 2.75) is 18.7 Å². The Hall–Kier alpha value is -2.12. The predicted octanol–water partition coefficient (Wildman–Crippen LogP) is 3.83. The van der Waals surface area contributed by atoms with Crippen LogP contribution in [0.1, 0.15) is 21.5 Å². The molecule has 210 valence electrons. The van der Waals surface area contributed by atoms with Gasteiger partial charge in [0.05, 0.1) is 28.3 Å². The summed E-state index contributed by atoms with van der Waals surface area (Å²) in [6.45, 7) is 6.12. The molecule has 0 radical (unpaired) electrons. The number of halogens is 1. The number of hydrogen-bond donors (Lipinski definition) is 0. The van der Waals surface area contributed by atoms with E-state index in [1.807, 2.05) is 38.9 Å². The van der Waals surface area contributed by atoms with Gasteiger partial charge in [-0.2, -0.15) is 4.31 Å². The van der Waals surface area contributed by atoms with Crippen molar-refractivity contribution in [2.24, 2.45) is 0 Å². The summed E-state index contributed by atoms with van der Waals surface area (Å²) in [6, 6.07) is 10.2. The molecule has 0 fully saturated rings. The molecule has 1 amide bonds. The van der Waals surface area contributed by atoms with Gasteiger partial charge in [-0.05, 0) is 69.4 Å². The third-order valence-electron chi connectivity index (χ3n) is 5.88. The SMILES string of the molecule is COCCN(CCOC)S(=O)(=O)c1ccc(C(=O)N(CCN(C)C)c2nc3cc(C)cc(C)c3s2)cc1.Cl. The van der Waals surface area contributed by atoms with Crippen LogP contribution in [-0.4, -0.2) is 96.2 Å². The monoisotopic (exact) mass is 584 g/mol. The number of likely N-dealkylation sites (N-methyl/N-ethyl adjacent to an activating group) is 1. The number of benzene rings is 2. The number of fused-ring (bicyclic) bond motifs is 1. The molecule has 0 N–H and O–H groups in total. The average Bonchev–Trinajstić information content (AvgIpc) is 3.28. The second kappa shape index (κ2) is 14.3. The van der Waals surface area contributed by atoms with Gasteiger partial charge in [-0.1, -0.05) is 17.4 Å². The van der Waals surface area contributed by atoms with Gasteiger partial charge in [0, 0.05) is 46.0 Å². The Kier molecular flexibility index (Phi) is 12.1. The van der Waals surface area contributed by atoms with E-state index in [1.54, 1.807) is 17.0 Å². The highest BCUT2D eigenvalue weighted by molar-refractivity contribution is 7.89. The number of sulfonamides is 1. The number of rotatable bonds is 13. The summed E-state index contributed by atoms with van der Waals surface area (Å²) in [7, 11) is 3.18. The van der Waals surface area contributed by atoms with Crippen LogP contribution >= 0.6 is 23.7 Å². The summed E-state index contributed by atoms with van der Waals surface area (Å²) in [5, 5.41) is 0.623. The van der Waals surface area contributed by atoms with Crippen molar-refractivity contribution in [1.82, 2.24) is 14.2 Å². The minimum atomic E-state index is -3.78. The van der Waals surface area contributed by atoms with Gasteiger partial charge in [0.15, 0.2) is 5.13 Å². The van der Waals surface area contributed by atoms with Crippen molar-refractivity contribution >= 4 is 55.0 Å². The number of aryl methyl sites for hydroxylation is 2. The molecule has 0 aliphatic carbocycles. The number of carbonyl (C=O) groups excluding carboxylic acids is 1. The number of hydrogen-bond acceptors (Lipinski definition) is 8. The number of nitrogens with zero attached hydrogens (tertiary/aromatic N) is 4. The van der Waals surface area contributed by atoms with Crippen LogP contribution in [0.25, 0.3) is 10.2 Å². The number of ether oxygens (including phenoxy) is 2. The first-order valence-corrected chi connectivity index (χ1v) is 14.3. The van der Waals surface area contributed by atoms with E-state index >= 15 is 0 Å². The van der Waals surface area contributed by atoms with E-state index in [0.717, 1.165) is 21.3 Å². The molecular weight excluding hydrogens is 548 g/mol. The van der Waals surface area contributed by atoms with Crippen LogP contribution in [-0.2, 0) is 19.5 Å². The van der Waals surface area contributed by atoms with Crippen molar-refractivity contribution in [3.05, 3.63) is 53.1 Å². The summed E-state index contributed by atoms with van der Waals surface area (Å²) in [5.74, 6) is -0.227. The van der Waals surface area contributed by atoms with E-state index in [1.165, 1.54) is 42.0 Å². The normalized spacial score (nSPS) is 11.8. The smallest absolute Gasteiger partial charge is 0.260 e. The molecule has 0 unspecified atom stereocenters. The van der Waals surface area contributed by atoms with Crippen LogP contribution < -0.4 is 4.90 Å². The predicted molar refractivity (Wildman–Crippen MR) is 156 cm³/mol. The third kappa shape index (κ3) is 7.72. The van der Waals surface area contributed by atoms with Gasteiger partial charge in [-0.15, -0.1) is 12.4 Å². The van der Waals surface area contributed by atoms with Gasteiger partial charge < -0.3 is 14.4 Å². The fourth-order valence-corrected chi connectivity index (χ4v) is 6.33. The molecule has 3 aromatic rings. The molecule has 2 aromatic carbocycles. The first kappa shape index (κ1) is 32.1. The third-order valence-corrected chi connectivity index (χ3v) is 9.03. The molecule has 0 saturated heterocycles. The van der Waals surface area contributed by atoms with Crippen LogP contribution in [0.4, 0.5) is 5.13 Å². The quantitative estimate of drug-likeness (QED) is 0.301. The Bertz CT molecular complexity index is 1310. The molecule has 3 rings (SSSR count). The van der Waals surface area contributed by atoms with Crippen molar-refractivity contribution < 1.29 is 22.7 Å². The molecule has 0 bridgehead atoms. The summed E-state index contributed by atoms with van der Waals surface area (Å²) in [4.78, 5) is 22.2. The molecule has 0 spiro atoms. The highest BCUT2D eigenvalue weighted by Crippen LogP contribution is 2.33. The number of anilines is 1. The maximum atomic E-state index is 13.6. The second-order valence-corrected chi connectivity index (χ2v) is 12.0. The molecule has 38 heavy (non-hydrogen) atoms. The van der Waals surface area contributed by atoms with E-state index in [2.05, 4.69) is 6.07 Å². The van der Waals surface area contributed by atoms with Gasteiger partial charge in [0.25, 0.3) is 5.91 Å². The van der Waals surface area contributed by atoms with Crippen molar-refractivity contribution in [2.75, 3.05) is 72.6 Å². The minimum absolute atomic E-state index is 0. The number of thiazole rings is 1. The summed E-state index contributed by atoms with van der Waals surface area (Å²) < 4.78 is 39.0. The van der Waals surface area contributed by atoms with E-state index in [0.29, 0.717) is 23.8 Å². The Labute approximate surface area is 235 Å². The number of amides is 1. The highest BCUT2D eigenvalue weighted by atomic mass is 35.5. The van der Waals surface area contributed by atoms with Crippen molar-refractivity contribution in [3.8, 4) is 0 Å². The van der Waals surface area contributed by atoms with Gasteiger partial charge in [-0.25, -0.2) is 13.4 Å². The first-order chi connectivity index (χ1) is 17.6. The van der Waals surface area contributed by atoms with Gasteiger partial charge in [0.1, 0.15) is 0 Å².